The molecular weight excluding hydrogens is 320 g/mol. The number of carbonyl (C=O) groups is 2. The molecule has 1 N–H and O–H groups in total. The van der Waals surface area contributed by atoms with Crippen molar-refractivity contribution in [3.8, 4) is 0 Å². The smallest absolute Gasteiger partial charge is 0.308 e. The van der Waals surface area contributed by atoms with E-state index in [0.717, 1.165) is 12.3 Å². The van der Waals surface area contributed by atoms with Crippen LogP contribution in [0.3, 0.4) is 0 Å². The van der Waals surface area contributed by atoms with Gasteiger partial charge in [0.2, 0.25) is 0 Å². The maximum absolute atomic E-state index is 11.9. The van der Waals surface area contributed by atoms with Crippen LogP contribution < -0.4 is 0 Å². The molecule has 0 saturated heterocycles. The molecule has 1 unspecified atom stereocenters. The molecule has 0 aromatic carbocycles. The monoisotopic (exact) mass is 350 g/mol. The highest BCUT2D eigenvalue weighted by molar-refractivity contribution is 7.21. The molecule has 22 heavy (non-hydrogen) atoms. The van der Waals surface area contributed by atoms with E-state index in [9.17, 15) is 14.7 Å². The highest BCUT2D eigenvalue weighted by atomic mass is 35.6. The van der Waals surface area contributed by atoms with Gasteiger partial charge in [-0.15, -0.1) is 0 Å². The lowest BCUT2D eigenvalue weighted by Gasteiger charge is -2.36. The normalized spacial score (nSPS) is 16.7. The van der Waals surface area contributed by atoms with Crippen LogP contribution in [-0.4, -0.2) is 36.5 Å². The fraction of sp³-hybridized carbons (Fsp3) is 0.875. The van der Waals surface area contributed by atoms with E-state index in [0.29, 0.717) is 6.42 Å². The van der Waals surface area contributed by atoms with Gasteiger partial charge in [0.25, 0.3) is 0 Å². The fourth-order valence-corrected chi connectivity index (χ4v) is 3.97. The molecule has 0 aliphatic carbocycles. The van der Waals surface area contributed by atoms with Crippen molar-refractivity contribution in [3.05, 3.63) is 0 Å². The van der Waals surface area contributed by atoms with E-state index in [-0.39, 0.29) is 24.3 Å². The molecule has 4 nitrogen and oxygen atoms in total. The Kier molecular flexibility index (Phi) is 8.31. The molecule has 0 aromatic heterocycles. The van der Waals surface area contributed by atoms with Crippen molar-refractivity contribution in [1.29, 1.82) is 0 Å². The van der Waals surface area contributed by atoms with Gasteiger partial charge in [0, 0.05) is 6.42 Å². The van der Waals surface area contributed by atoms with Crippen LogP contribution in [0.25, 0.3) is 0 Å². The highest BCUT2D eigenvalue weighted by Gasteiger charge is 2.40. The van der Waals surface area contributed by atoms with Crippen molar-refractivity contribution in [2.75, 3.05) is 0 Å². The summed E-state index contributed by atoms with van der Waals surface area (Å²) in [6, 6.07) is 0.853. The number of esters is 1. The molecule has 0 amide bonds. The van der Waals surface area contributed by atoms with Crippen LogP contribution in [0.2, 0.25) is 17.6 Å². The molecule has 0 radical (unpaired) electrons. The number of aldehydes is 1. The topological polar surface area (TPSA) is 63.6 Å². The number of hydrogen-bond donors (Lipinski definition) is 1. The van der Waals surface area contributed by atoms with Gasteiger partial charge in [0.1, 0.15) is 11.9 Å². The van der Waals surface area contributed by atoms with E-state index in [1.54, 1.807) is 0 Å². The maximum Gasteiger partial charge on any atom is 0.308 e. The highest BCUT2D eigenvalue weighted by Crippen LogP contribution is 2.43. The molecule has 0 bridgehead atoms. The van der Waals surface area contributed by atoms with Gasteiger partial charge in [-0.05, 0) is 37.8 Å². The molecule has 0 aliphatic rings. The summed E-state index contributed by atoms with van der Waals surface area (Å²) < 4.78 is 5.47. The third kappa shape index (κ3) is 8.29. The summed E-state index contributed by atoms with van der Waals surface area (Å²) in [4.78, 5) is 22.1. The molecule has 0 spiro atoms. The van der Waals surface area contributed by atoms with Crippen LogP contribution in [0.1, 0.15) is 60.3 Å². The Morgan fingerprint density at radius 2 is 1.86 bits per heavy atom. The number of hydrogen-bond acceptors (Lipinski definition) is 4. The maximum atomic E-state index is 11.9. The summed E-state index contributed by atoms with van der Waals surface area (Å²) in [7, 11) is -1.92. The zero-order valence-corrected chi connectivity index (χ0v) is 16.5. The molecule has 0 fully saturated rings. The van der Waals surface area contributed by atoms with E-state index in [1.807, 2.05) is 13.8 Å². The standard InChI is InChI=1S/C16H31ClO4Si/c1-15(2,3)22(6,17)11-9-16(4,5)21-14(20)12-13(19)8-7-10-18/h10,13,19H,7-9,11-12H2,1-6H3/t13-,22?/m0/s1. The van der Waals surface area contributed by atoms with E-state index in [1.165, 1.54) is 0 Å². The van der Waals surface area contributed by atoms with Gasteiger partial charge in [-0.2, -0.15) is 11.1 Å². The number of rotatable bonds is 9. The van der Waals surface area contributed by atoms with Gasteiger partial charge in [-0.1, -0.05) is 27.3 Å². The SMILES string of the molecule is CC(C)(CC[Si](C)(Cl)C(C)(C)C)OC(=O)C[C@@H](O)CCC=O. The van der Waals surface area contributed by atoms with Crippen LogP contribution in [0.4, 0.5) is 0 Å². The van der Waals surface area contributed by atoms with Crippen LogP contribution >= 0.6 is 11.1 Å². The lowest BCUT2D eigenvalue weighted by Crippen LogP contribution is -2.38. The summed E-state index contributed by atoms with van der Waals surface area (Å²) in [6.45, 7) is 12.3. The zero-order valence-electron chi connectivity index (χ0n) is 14.7. The zero-order chi connectivity index (χ0) is 17.6. The first kappa shape index (κ1) is 21.6. The summed E-state index contributed by atoms with van der Waals surface area (Å²) in [5.74, 6) is -0.433. The van der Waals surface area contributed by atoms with E-state index in [4.69, 9.17) is 15.8 Å². The van der Waals surface area contributed by atoms with Crippen molar-refractivity contribution in [1.82, 2.24) is 0 Å². The first-order chi connectivity index (χ1) is 9.81. The minimum Gasteiger partial charge on any atom is -0.460 e. The predicted octanol–water partition coefficient (Wildman–Crippen LogP) is 4.04. The third-order valence-corrected chi connectivity index (χ3v) is 10.8. The predicted molar refractivity (Wildman–Crippen MR) is 92.7 cm³/mol. The lowest BCUT2D eigenvalue weighted by molar-refractivity contribution is -0.159. The molecular formula is C16H31ClO4Si. The van der Waals surface area contributed by atoms with Gasteiger partial charge in [-0.3, -0.25) is 4.79 Å². The van der Waals surface area contributed by atoms with E-state index >= 15 is 0 Å². The average molecular weight is 351 g/mol. The Morgan fingerprint density at radius 3 is 2.32 bits per heavy atom. The average Bonchev–Trinajstić information content (AvgIpc) is 2.32. The van der Waals surface area contributed by atoms with Gasteiger partial charge >= 0.3 is 5.97 Å². The van der Waals surface area contributed by atoms with Gasteiger partial charge < -0.3 is 14.6 Å². The molecule has 6 heteroatoms. The molecule has 0 rings (SSSR count). The first-order valence-corrected chi connectivity index (χ1v) is 11.5. The van der Waals surface area contributed by atoms with Crippen molar-refractivity contribution in [2.24, 2.45) is 0 Å². The van der Waals surface area contributed by atoms with E-state index < -0.39 is 25.1 Å². The second-order valence-electron chi connectivity index (χ2n) is 7.78. The third-order valence-electron chi connectivity index (χ3n) is 4.17. The van der Waals surface area contributed by atoms with Gasteiger partial charge in [0.15, 0.2) is 7.38 Å². The van der Waals surface area contributed by atoms with Gasteiger partial charge in [-0.25, -0.2) is 0 Å². The number of ether oxygens (including phenoxy) is 1. The summed E-state index contributed by atoms with van der Waals surface area (Å²) >= 11 is 6.72. The lowest BCUT2D eigenvalue weighted by atomic mass is 10.1. The number of aliphatic hydroxyl groups is 1. The minimum atomic E-state index is -1.92. The minimum absolute atomic E-state index is 0.0773. The molecule has 0 aliphatic heterocycles. The molecule has 0 saturated carbocycles. The summed E-state index contributed by atoms with van der Waals surface area (Å²) in [5, 5.41) is 9.72. The second kappa shape index (κ2) is 8.46. The second-order valence-corrected chi connectivity index (χ2v) is 14.7. The molecule has 130 valence electrons. The van der Waals surface area contributed by atoms with E-state index in [2.05, 4.69) is 27.3 Å². The van der Waals surface area contributed by atoms with Crippen molar-refractivity contribution in [2.45, 2.75) is 89.6 Å². The molecule has 0 aromatic rings. The van der Waals surface area contributed by atoms with Crippen LogP contribution in [0.5, 0.6) is 0 Å². The Hall–Kier alpha value is -0.393. The van der Waals surface area contributed by atoms with Crippen molar-refractivity contribution < 1.29 is 19.4 Å². The largest absolute Gasteiger partial charge is 0.460 e. The number of carbonyl (C=O) groups excluding carboxylic acids is 2. The van der Waals surface area contributed by atoms with Crippen molar-refractivity contribution in [3.63, 3.8) is 0 Å². The van der Waals surface area contributed by atoms with Crippen LogP contribution in [-0.2, 0) is 14.3 Å². The Bertz CT molecular complexity index is 375. The number of aliphatic hydroxyl groups excluding tert-OH is 1. The van der Waals surface area contributed by atoms with Gasteiger partial charge in [0.05, 0.1) is 12.5 Å². The Balaban J connectivity index is 4.40. The van der Waals surface area contributed by atoms with Crippen LogP contribution in [0.15, 0.2) is 0 Å². The quantitative estimate of drug-likeness (QED) is 0.295. The molecule has 2 atom stereocenters. The summed E-state index contributed by atoms with van der Waals surface area (Å²) in [5.41, 5.74) is -0.601. The fourth-order valence-electron chi connectivity index (χ4n) is 1.87. The van der Waals surface area contributed by atoms with Crippen molar-refractivity contribution >= 4 is 30.7 Å². The van der Waals surface area contributed by atoms with Crippen LogP contribution in [0, 0.1) is 0 Å². The Labute approximate surface area is 140 Å². The summed E-state index contributed by atoms with van der Waals surface area (Å²) in [6.07, 6.45) is 1.07. The number of halogens is 1. The molecule has 0 heterocycles. The Morgan fingerprint density at radius 1 is 1.32 bits per heavy atom. The first-order valence-electron chi connectivity index (χ1n) is 7.83.